The smallest absolute Gasteiger partial charge is 0.323 e. The summed E-state index contributed by atoms with van der Waals surface area (Å²) in [5.41, 5.74) is 2.01. The lowest BCUT2D eigenvalue weighted by Gasteiger charge is -2.16. The van der Waals surface area contributed by atoms with Gasteiger partial charge in [0.05, 0.1) is 7.11 Å². The van der Waals surface area contributed by atoms with Crippen molar-refractivity contribution in [2.75, 3.05) is 7.11 Å². The van der Waals surface area contributed by atoms with Crippen molar-refractivity contribution in [1.82, 2.24) is 5.31 Å². The summed E-state index contributed by atoms with van der Waals surface area (Å²) in [4.78, 5) is 12.0. The molecule has 2 rings (SSSR count). The van der Waals surface area contributed by atoms with E-state index in [1.54, 1.807) is 0 Å². The molecule has 0 amide bonds. The van der Waals surface area contributed by atoms with Crippen LogP contribution in [0.25, 0.3) is 0 Å². The summed E-state index contributed by atoms with van der Waals surface area (Å²) in [6.07, 6.45) is 0.462. The third-order valence-corrected chi connectivity index (χ3v) is 3.08. The number of ether oxygens (including phenoxy) is 1. The van der Waals surface area contributed by atoms with Crippen LogP contribution in [0.3, 0.4) is 0 Å². The molecule has 0 bridgehead atoms. The van der Waals surface area contributed by atoms with E-state index in [9.17, 15) is 4.79 Å². The van der Waals surface area contributed by atoms with Crippen LogP contribution in [-0.4, -0.2) is 19.1 Å². The van der Waals surface area contributed by atoms with E-state index in [4.69, 9.17) is 6.15 Å². The predicted octanol–water partition coefficient (Wildman–Crippen LogP) is 2.56. The van der Waals surface area contributed by atoms with Crippen LogP contribution >= 0.6 is 0 Å². The van der Waals surface area contributed by atoms with Crippen molar-refractivity contribution >= 4 is 5.97 Å². The maximum atomic E-state index is 12.0. The van der Waals surface area contributed by atoms with E-state index in [0.717, 1.165) is 11.1 Å². The average molecular weight is 271 g/mol. The average Bonchev–Trinajstić information content (AvgIpc) is 2.53. The number of methoxy groups -OCH3 is 1. The molecule has 0 aliphatic heterocycles. The SMILES string of the molecule is [3H]N(Cc1ccccc1)[C@@H](Cc1ccccc1)C(=O)OC. The highest BCUT2D eigenvalue weighted by molar-refractivity contribution is 5.76. The molecule has 3 nitrogen and oxygen atoms in total. The van der Waals surface area contributed by atoms with Gasteiger partial charge in [-0.25, -0.2) is 0 Å². The van der Waals surface area contributed by atoms with Crippen LogP contribution in [0.5, 0.6) is 0 Å². The van der Waals surface area contributed by atoms with Gasteiger partial charge in [0.25, 0.3) is 0 Å². The Morgan fingerprint density at radius 3 is 2.20 bits per heavy atom. The van der Waals surface area contributed by atoms with Crippen molar-refractivity contribution in [1.29, 1.82) is 0 Å². The van der Waals surface area contributed by atoms with E-state index < -0.39 is 6.04 Å². The first kappa shape index (κ1) is 12.9. The van der Waals surface area contributed by atoms with Crippen LogP contribution in [0.15, 0.2) is 60.7 Å². The first-order chi connectivity index (χ1) is 10.2. The van der Waals surface area contributed by atoms with Crippen LogP contribution in [0.2, 0.25) is 1.41 Å². The maximum Gasteiger partial charge on any atom is 0.323 e. The number of hydrogen-bond donors (Lipinski definition) is 1. The van der Waals surface area contributed by atoms with Gasteiger partial charge in [-0.3, -0.25) is 4.79 Å². The van der Waals surface area contributed by atoms with Crippen LogP contribution in [0, 0.1) is 0 Å². The van der Waals surface area contributed by atoms with Crippen LogP contribution in [-0.2, 0) is 22.5 Å². The second-order valence-corrected chi connectivity index (χ2v) is 4.55. The fraction of sp³-hybridized carbons (Fsp3) is 0.235. The third kappa shape index (κ3) is 4.21. The Bertz CT molecular complexity index is 560. The fourth-order valence-electron chi connectivity index (χ4n) is 1.99. The molecule has 0 unspecified atom stereocenters. The lowest BCUT2D eigenvalue weighted by molar-refractivity contribution is -0.143. The summed E-state index contributed by atoms with van der Waals surface area (Å²) in [5, 5.41) is 1.29. The highest BCUT2D eigenvalue weighted by atomic mass is 16.5. The minimum atomic E-state index is -0.613. The van der Waals surface area contributed by atoms with Crippen molar-refractivity contribution in [2.45, 2.75) is 19.0 Å². The molecule has 104 valence electrons. The number of benzene rings is 2. The second kappa shape index (κ2) is 7.46. The molecular weight excluding hydrogens is 250 g/mol. The van der Waals surface area contributed by atoms with Gasteiger partial charge in [0.1, 0.15) is 7.45 Å². The molecule has 0 aliphatic carbocycles. The third-order valence-electron chi connectivity index (χ3n) is 3.08. The number of carbonyl (C=O) groups excluding carboxylic acids is 1. The van der Waals surface area contributed by atoms with E-state index in [1.807, 2.05) is 60.7 Å². The lowest BCUT2D eigenvalue weighted by Crippen LogP contribution is -2.39. The Kier molecular flexibility index (Phi) is 4.80. The molecule has 1 atom stereocenters. The van der Waals surface area contributed by atoms with Gasteiger partial charge in [-0.15, -0.1) is 0 Å². The quantitative estimate of drug-likeness (QED) is 0.821. The summed E-state index contributed by atoms with van der Waals surface area (Å²) < 4.78 is 13.0. The molecule has 2 aromatic rings. The van der Waals surface area contributed by atoms with Gasteiger partial charge in [-0.1, -0.05) is 60.7 Å². The minimum absolute atomic E-state index is 0.382. The van der Waals surface area contributed by atoms with E-state index in [2.05, 4.69) is 0 Å². The minimum Gasteiger partial charge on any atom is -0.468 e. The van der Waals surface area contributed by atoms with Gasteiger partial charge in [-0.05, 0) is 17.5 Å². The fourth-order valence-corrected chi connectivity index (χ4v) is 1.99. The summed E-state index contributed by atoms with van der Waals surface area (Å²) in [6, 6.07) is 18.7. The highest BCUT2D eigenvalue weighted by Crippen LogP contribution is 2.06. The van der Waals surface area contributed by atoms with Crippen LogP contribution in [0.4, 0.5) is 0 Å². The molecule has 0 heterocycles. The van der Waals surface area contributed by atoms with Gasteiger partial charge in [0, 0.05) is 6.54 Å². The number of carbonyl (C=O) groups is 1. The summed E-state index contributed by atoms with van der Waals surface area (Å²) >= 11 is 0. The second-order valence-electron chi connectivity index (χ2n) is 4.55. The normalized spacial score (nSPS) is 12.8. The molecule has 1 N–H and O–H groups in total. The summed E-state index contributed by atoms with van der Waals surface area (Å²) in [5.74, 6) is -0.384. The Morgan fingerprint density at radius 1 is 1.10 bits per heavy atom. The maximum absolute atomic E-state index is 12.0. The van der Waals surface area contributed by atoms with Crippen molar-refractivity contribution in [2.24, 2.45) is 0 Å². The summed E-state index contributed by atoms with van der Waals surface area (Å²) in [6.45, 7) is 0.382. The molecule has 0 aliphatic rings. The number of hydrogen-bond acceptors (Lipinski definition) is 3. The molecule has 0 saturated heterocycles. The topological polar surface area (TPSA) is 38.3 Å². The molecule has 20 heavy (non-hydrogen) atoms. The molecule has 3 heteroatoms. The largest absolute Gasteiger partial charge is 0.468 e. The summed E-state index contributed by atoms with van der Waals surface area (Å²) in [7, 11) is 1.36. The molecule has 0 radical (unpaired) electrons. The lowest BCUT2D eigenvalue weighted by atomic mass is 10.1. The monoisotopic (exact) mass is 271 g/mol. The van der Waals surface area contributed by atoms with Crippen molar-refractivity contribution < 1.29 is 10.9 Å². The Labute approximate surface area is 121 Å². The van der Waals surface area contributed by atoms with Crippen LogP contribution in [0.1, 0.15) is 11.1 Å². The zero-order valence-electron chi connectivity index (χ0n) is 12.5. The van der Waals surface area contributed by atoms with E-state index in [1.165, 1.54) is 12.4 Å². The Hall–Kier alpha value is -2.13. The standard InChI is InChI=1S/C17H19NO2/c1-20-17(19)16(12-14-8-4-2-5-9-14)18-13-15-10-6-3-7-11-15/h2-11,16,18H,12-13H2,1H3/t16-/m0/s1/i/hT. The van der Waals surface area contributed by atoms with Crippen molar-refractivity contribution in [3.05, 3.63) is 71.8 Å². The van der Waals surface area contributed by atoms with Gasteiger partial charge < -0.3 is 10.0 Å². The van der Waals surface area contributed by atoms with E-state index in [-0.39, 0.29) is 5.97 Å². The highest BCUT2D eigenvalue weighted by Gasteiger charge is 2.18. The van der Waals surface area contributed by atoms with Crippen molar-refractivity contribution in [3.63, 3.8) is 0 Å². The first-order valence-corrected chi connectivity index (χ1v) is 6.62. The van der Waals surface area contributed by atoms with Gasteiger partial charge >= 0.3 is 5.97 Å². The van der Waals surface area contributed by atoms with Crippen LogP contribution < -0.4 is 5.31 Å². The Morgan fingerprint density at radius 2 is 1.65 bits per heavy atom. The first-order valence-electron chi connectivity index (χ1n) is 7.06. The molecule has 2 aromatic carbocycles. The van der Waals surface area contributed by atoms with Gasteiger partial charge in [-0.2, -0.15) is 0 Å². The molecule has 0 aromatic heterocycles. The van der Waals surface area contributed by atoms with Crippen molar-refractivity contribution in [3.8, 4) is 0 Å². The molecular formula is C17H19NO2. The Balaban J connectivity index is 2.10. The number of nitrogens with one attached hydrogen (secondary N) is 1. The van der Waals surface area contributed by atoms with E-state index in [0.29, 0.717) is 13.0 Å². The molecule has 0 spiro atoms. The zero-order chi connectivity index (χ0) is 15.1. The zero-order valence-corrected chi connectivity index (χ0v) is 11.5. The number of esters is 1. The predicted molar refractivity (Wildman–Crippen MR) is 79.2 cm³/mol. The van der Waals surface area contributed by atoms with Gasteiger partial charge in [0.2, 0.25) is 0 Å². The molecule has 0 saturated carbocycles. The molecule has 0 fully saturated rings. The number of rotatable bonds is 6. The van der Waals surface area contributed by atoms with Gasteiger partial charge in [0.15, 0.2) is 0 Å². The van der Waals surface area contributed by atoms with E-state index >= 15 is 0 Å².